The molecule has 0 bridgehead atoms. The van der Waals surface area contributed by atoms with Gasteiger partial charge in [0, 0.05) is 5.92 Å². The largest absolute Gasteiger partial charge is 0.375 e. The van der Waals surface area contributed by atoms with Crippen molar-refractivity contribution in [3.63, 3.8) is 0 Å². The number of hydrogen-bond acceptors (Lipinski definition) is 6. The molecule has 17 heavy (non-hydrogen) atoms. The molecule has 0 saturated carbocycles. The van der Waals surface area contributed by atoms with Gasteiger partial charge in [-0.05, 0) is 5.92 Å². The highest BCUT2D eigenvalue weighted by Crippen LogP contribution is 2.35. The summed E-state index contributed by atoms with van der Waals surface area (Å²) < 4.78 is 5.27. The molecule has 0 radical (unpaired) electrons. The maximum absolute atomic E-state index is 5.74. The minimum Gasteiger partial charge on any atom is -0.375 e. The molecule has 0 aliphatic carbocycles. The van der Waals surface area contributed by atoms with E-state index in [1.165, 1.54) is 11.3 Å². The second-order valence-electron chi connectivity index (χ2n) is 4.53. The third-order valence-corrected chi connectivity index (χ3v) is 3.26. The number of nitrogens with zero attached hydrogens (tertiary/aromatic N) is 3. The predicted molar refractivity (Wildman–Crippen MR) is 68.0 cm³/mol. The second-order valence-corrected chi connectivity index (χ2v) is 5.56. The molecule has 0 atom stereocenters. The maximum Gasteiger partial charge on any atom is 0.270 e. The van der Waals surface area contributed by atoms with E-state index in [4.69, 9.17) is 10.3 Å². The van der Waals surface area contributed by atoms with Crippen LogP contribution in [0.5, 0.6) is 0 Å². The molecule has 0 unspecified atom stereocenters. The third kappa shape index (κ3) is 2.31. The van der Waals surface area contributed by atoms with Crippen LogP contribution in [0.4, 0.5) is 5.13 Å². The van der Waals surface area contributed by atoms with Gasteiger partial charge in [0.25, 0.3) is 5.89 Å². The summed E-state index contributed by atoms with van der Waals surface area (Å²) in [6, 6.07) is 0. The molecule has 0 fully saturated rings. The summed E-state index contributed by atoms with van der Waals surface area (Å²) in [4.78, 5) is 9.57. The third-order valence-electron chi connectivity index (χ3n) is 2.37. The molecule has 0 spiro atoms. The molecule has 2 N–H and O–H groups in total. The van der Waals surface area contributed by atoms with Crippen LogP contribution < -0.4 is 5.73 Å². The minimum absolute atomic E-state index is 0.250. The van der Waals surface area contributed by atoms with Crippen molar-refractivity contribution in [2.45, 2.75) is 39.5 Å². The lowest BCUT2D eigenvalue weighted by molar-refractivity contribution is 0.419. The molecule has 5 nitrogen and oxygen atoms in total. The normalized spacial score (nSPS) is 11.6. The number of aromatic nitrogens is 3. The molecular weight excluding hydrogens is 236 g/mol. The van der Waals surface area contributed by atoms with Crippen molar-refractivity contribution in [3.8, 4) is 10.8 Å². The molecular formula is C11H16N4OS. The summed E-state index contributed by atoms with van der Waals surface area (Å²) in [6.07, 6.45) is 0. The van der Waals surface area contributed by atoms with Crippen molar-refractivity contribution in [1.29, 1.82) is 0 Å². The summed E-state index contributed by atoms with van der Waals surface area (Å²) in [5.74, 6) is 1.77. The first-order valence-electron chi connectivity index (χ1n) is 5.59. The summed E-state index contributed by atoms with van der Waals surface area (Å²) in [5.41, 5.74) is 6.66. The zero-order valence-corrected chi connectivity index (χ0v) is 11.2. The molecule has 2 aromatic rings. The Morgan fingerprint density at radius 3 is 2.35 bits per heavy atom. The Labute approximate surface area is 104 Å². The van der Waals surface area contributed by atoms with Crippen LogP contribution in [0.1, 0.15) is 51.0 Å². The van der Waals surface area contributed by atoms with Gasteiger partial charge in [0.15, 0.2) is 11.0 Å². The van der Waals surface area contributed by atoms with Crippen LogP contribution in [-0.4, -0.2) is 15.1 Å². The van der Waals surface area contributed by atoms with Crippen molar-refractivity contribution in [3.05, 3.63) is 11.5 Å². The van der Waals surface area contributed by atoms with E-state index in [2.05, 4.69) is 29.0 Å². The van der Waals surface area contributed by atoms with E-state index in [1.807, 2.05) is 13.8 Å². The van der Waals surface area contributed by atoms with Crippen molar-refractivity contribution >= 4 is 16.5 Å². The standard InChI is InChI=1S/C11H16N4OS/c1-5(2)7-8(17-11(12)13-7)10-14-9(6(3)4)15-16-10/h5-6H,1-4H3,(H2,12,13). The van der Waals surface area contributed by atoms with E-state index < -0.39 is 0 Å². The quantitative estimate of drug-likeness (QED) is 0.908. The van der Waals surface area contributed by atoms with Gasteiger partial charge in [-0.15, -0.1) is 0 Å². The number of anilines is 1. The molecule has 2 heterocycles. The topological polar surface area (TPSA) is 77.8 Å². The first kappa shape index (κ1) is 12.0. The zero-order valence-electron chi connectivity index (χ0n) is 10.4. The SMILES string of the molecule is CC(C)c1noc(-c2sc(N)nc2C(C)C)n1. The van der Waals surface area contributed by atoms with Gasteiger partial charge < -0.3 is 10.3 Å². The fraction of sp³-hybridized carbons (Fsp3) is 0.545. The van der Waals surface area contributed by atoms with Crippen LogP contribution in [0.25, 0.3) is 10.8 Å². The molecule has 0 aliphatic heterocycles. The molecule has 2 aromatic heterocycles. The molecule has 0 aromatic carbocycles. The molecule has 6 heteroatoms. The number of thiazole rings is 1. The molecule has 92 valence electrons. The Kier molecular flexibility index (Phi) is 3.15. The minimum atomic E-state index is 0.250. The van der Waals surface area contributed by atoms with Crippen molar-refractivity contribution in [2.24, 2.45) is 0 Å². The summed E-state index contributed by atoms with van der Waals surface area (Å²) in [5, 5.41) is 4.49. The molecule has 0 amide bonds. The van der Waals surface area contributed by atoms with E-state index in [1.54, 1.807) is 0 Å². The zero-order chi connectivity index (χ0) is 12.6. The molecule has 0 saturated heterocycles. The Bertz CT molecular complexity index is 515. The van der Waals surface area contributed by atoms with E-state index in [9.17, 15) is 0 Å². The number of rotatable bonds is 3. The lowest BCUT2D eigenvalue weighted by atomic mass is 10.1. The smallest absolute Gasteiger partial charge is 0.270 e. The number of nitrogen functional groups attached to an aromatic ring is 1. The van der Waals surface area contributed by atoms with Crippen LogP contribution in [0.2, 0.25) is 0 Å². The maximum atomic E-state index is 5.74. The van der Waals surface area contributed by atoms with Crippen LogP contribution in [-0.2, 0) is 0 Å². The van der Waals surface area contributed by atoms with Gasteiger partial charge in [0.1, 0.15) is 4.88 Å². The highest BCUT2D eigenvalue weighted by atomic mass is 32.1. The van der Waals surface area contributed by atoms with E-state index >= 15 is 0 Å². The van der Waals surface area contributed by atoms with E-state index in [0.717, 1.165) is 10.6 Å². The molecule has 2 rings (SSSR count). The predicted octanol–water partition coefficient (Wildman–Crippen LogP) is 3.02. The first-order valence-corrected chi connectivity index (χ1v) is 6.40. The Hall–Kier alpha value is -1.43. The van der Waals surface area contributed by atoms with Crippen LogP contribution in [0, 0.1) is 0 Å². The highest BCUT2D eigenvalue weighted by Gasteiger charge is 2.20. The summed E-state index contributed by atoms with van der Waals surface area (Å²) >= 11 is 1.39. The first-order chi connectivity index (χ1) is 7.99. The van der Waals surface area contributed by atoms with Crippen LogP contribution in [0.3, 0.4) is 0 Å². The Balaban J connectivity index is 2.44. The number of hydrogen-bond donors (Lipinski definition) is 1. The van der Waals surface area contributed by atoms with E-state index in [0.29, 0.717) is 16.8 Å². The number of nitrogens with two attached hydrogens (primary N) is 1. The van der Waals surface area contributed by atoms with Gasteiger partial charge in [-0.2, -0.15) is 4.98 Å². The monoisotopic (exact) mass is 252 g/mol. The summed E-state index contributed by atoms with van der Waals surface area (Å²) in [7, 11) is 0. The van der Waals surface area contributed by atoms with Crippen molar-refractivity contribution in [2.75, 3.05) is 5.73 Å². The van der Waals surface area contributed by atoms with Gasteiger partial charge in [0.2, 0.25) is 0 Å². The fourth-order valence-corrected chi connectivity index (χ4v) is 2.36. The van der Waals surface area contributed by atoms with Crippen LogP contribution >= 0.6 is 11.3 Å². The van der Waals surface area contributed by atoms with Gasteiger partial charge in [0.05, 0.1) is 5.69 Å². The fourth-order valence-electron chi connectivity index (χ4n) is 1.46. The lowest BCUT2D eigenvalue weighted by Crippen LogP contribution is -1.92. The van der Waals surface area contributed by atoms with Crippen LogP contribution in [0.15, 0.2) is 4.52 Å². The van der Waals surface area contributed by atoms with Gasteiger partial charge >= 0.3 is 0 Å². The Morgan fingerprint density at radius 1 is 1.12 bits per heavy atom. The molecule has 0 aliphatic rings. The van der Waals surface area contributed by atoms with E-state index in [-0.39, 0.29) is 11.8 Å². The van der Waals surface area contributed by atoms with Gasteiger partial charge in [-0.1, -0.05) is 44.2 Å². The summed E-state index contributed by atoms with van der Waals surface area (Å²) in [6.45, 7) is 8.19. The average Bonchev–Trinajstić information content (AvgIpc) is 2.82. The highest BCUT2D eigenvalue weighted by molar-refractivity contribution is 7.18. The second kappa shape index (κ2) is 4.44. The Morgan fingerprint density at radius 2 is 1.82 bits per heavy atom. The van der Waals surface area contributed by atoms with Gasteiger partial charge in [-0.3, -0.25) is 0 Å². The van der Waals surface area contributed by atoms with Crippen molar-refractivity contribution in [1.82, 2.24) is 15.1 Å². The lowest BCUT2D eigenvalue weighted by Gasteiger charge is -2.00. The van der Waals surface area contributed by atoms with Crippen molar-refractivity contribution < 1.29 is 4.52 Å². The van der Waals surface area contributed by atoms with Gasteiger partial charge in [-0.25, -0.2) is 4.98 Å². The average molecular weight is 252 g/mol.